The second-order valence-electron chi connectivity index (χ2n) is 17.7. The van der Waals surface area contributed by atoms with E-state index in [-0.39, 0.29) is 0 Å². The highest BCUT2D eigenvalue weighted by Crippen LogP contribution is 2.45. The summed E-state index contributed by atoms with van der Waals surface area (Å²) in [6.07, 6.45) is 0. The van der Waals surface area contributed by atoms with Gasteiger partial charge < -0.3 is 8.82 Å². The van der Waals surface area contributed by atoms with Gasteiger partial charge in [0.25, 0.3) is 0 Å². The van der Waals surface area contributed by atoms with E-state index < -0.39 is 0 Å². The van der Waals surface area contributed by atoms with Crippen LogP contribution >= 0.6 is 0 Å². The minimum atomic E-state index is 0.707. The van der Waals surface area contributed by atoms with Crippen molar-refractivity contribution in [2.24, 2.45) is 0 Å². The zero-order valence-electron chi connectivity index (χ0n) is 36.8. The van der Waals surface area contributed by atoms with Crippen LogP contribution in [0.5, 0.6) is 0 Å². The maximum atomic E-state index is 6.33. The van der Waals surface area contributed by atoms with Gasteiger partial charge in [-0.1, -0.05) is 194 Å². The van der Waals surface area contributed by atoms with Gasteiger partial charge in [0.05, 0.1) is 27.9 Å². The third-order valence-corrected chi connectivity index (χ3v) is 13.7. The summed E-state index contributed by atoms with van der Waals surface area (Å²) in [6.45, 7) is 0. The Bertz CT molecular complexity index is 4200. The SMILES string of the molecule is c1ccc(-c2cc(-c3cccc(-c4cccc(-c5cccc(-c6cccc7c8cccc9c%10ccc(-c%11cccc%12oc%13ccccc%13c%11%12)cc%10n(c67)c98)c5)c4)c3)nc(-c3ccccc3)n2)cc1. The van der Waals surface area contributed by atoms with Crippen molar-refractivity contribution in [2.75, 3.05) is 0 Å². The summed E-state index contributed by atoms with van der Waals surface area (Å²) in [5.41, 5.74) is 19.6. The normalized spacial score (nSPS) is 11.8. The molecule has 10 aromatic carbocycles. The van der Waals surface area contributed by atoms with Gasteiger partial charge in [0, 0.05) is 54.6 Å². The highest BCUT2D eigenvalue weighted by atomic mass is 16.3. The molecule has 4 heteroatoms. The molecule has 316 valence electrons. The molecule has 0 bridgehead atoms. The van der Waals surface area contributed by atoms with Crippen LogP contribution in [0.25, 0.3) is 138 Å². The lowest BCUT2D eigenvalue weighted by molar-refractivity contribution is 0.669. The molecule has 4 heterocycles. The Kier molecular flexibility index (Phi) is 8.55. The van der Waals surface area contributed by atoms with Gasteiger partial charge in [0.1, 0.15) is 11.2 Å². The van der Waals surface area contributed by atoms with Gasteiger partial charge in [-0.2, -0.15) is 0 Å². The largest absolute Gasteiger partial charge is 0.456 e. The van der Waals surface area contributed by atoms with Crippen LogP contribution in [0.1, 0.15) is 0 Å². The van der Waals surface area contributed by atoms with Crippen molar-refractivity contribution in [3.05, 3.63) is 237 Å². The lowest BCUT2D eigenvalue weighted by atomic mass is 9.94. The molecular formula is C64H39N3O. The van der Waals surface area contributed by atoms with Gasteiger partial charge in [-0.3, -0.25) is 0 Å². The Morgan fingerprint density at radius 2 is 0.779 bits per heavy atom. The topological polar surface area (TPSA) is 43.3 Å². The van der Waals surface area contributed by atoms with E-state index >= 15 is 0 Å². The van der Waals surface area contributed by atoms with E-state index in [0.29, 0.717) is 5.82 Å². The van der Waals surface area contributed by atoms with Crippen LogP contribution in [-0.4, -0.2) is 14.4 Å². The monoisotopic (exact) mass is 865 g/mol. The lowest BCUT2D eigenvalue weighted by Crippen LogP contribution is -1.96. The Labute approximate surface area is 392 Å². The fourth-order valence-corrected chi connectivity index (χ4v) is 10.6. The van der Waals surface area contributed by atoms with Gasteiger partial charge in [0.15, 0.2) is 5.82 Å². The third kappa shape index (κ3) is 6.08. The van der Waals surface area contributed by atoms with E-state index in [9.17, 15) is 0 Å². The average Bonchev–Trinajstić information content (AvgIpc) is 4.09. The van der Waals surface area contributed by atoms with Crippen LogP contribution in [0.2, 0.25) is 0 Å². The summed E-state index contributed by atoms with van der Waals surface area (Å²) in [4.78, 5) is 10.1. The smallest absolute Gasteiger partial charge is 0.160 e. The van der Waals surface area contributed by atoms with Crippen molar-refractivity contribution < 1.29 is 4.42 Å². The minimum Gasteiger partial charge on any atom is -0.456 e. The van der Waals surface area contributed by atoms with Gasteiger partial charge >= 0.3 is 0 Å². The van der Waals surface area contributed by atoms with E-state index in [2.05, 4.69) is 211 Å². The lowest BCUT2D eigenvalue weighted by Gasteiger charge is -2.12. The molecule has 14 aromatic rings. The summed E-state index contributed by atoms with van der Waals surface area (Å²) >= 11 is 0. The van der Waals surface area contributed by atoms with Crippen molar-refractivity contribution in [1.29, 1.82) is 0 Å². The molecule has 0 unspecified atom stereocenters. The molecule has 0 aliphatic carbocycles. The molecule has 0 radical (unpaired) electrons. The van der Waals surface area contributed by atoms with Crippen LogP contribution in [0, 0.1) is 0 Å². The molecule has 0 spiro atoms. The minimum absolute atomic E-state index is 0.707. The van der Waals surface area contributed by atoms with Gasteiger partial charge in [-0.25, -0.2) is 9.97 Å². The van der Waals surface area contributed by atoms with Gasteiger partial charge in [-0.15, -0.1) is 0 Å². The molecule has 0 saturated heterocycles. The quantitative estimate of drug-likeness (QED) is 0.160. The van der Waals surface area contributed by atoms with Crippen LogP contribution < -0.4 is 0 Å². The van der Waals surface area contributed by atoms with Crippen molar-refractivity contribution in [3.8, 4) is 78.4 Å². The Morgan fingerprint density at radius 1 is 0.294 bits per heavy atom. The number of fused-ring (bicyclic) bond motifs is 9. The van der Waals surface area contributed by atoms with Crippen LogP contribution in [0.3, 0.4) is 0 Å². The first-order valence-corrected chi connectivity index (χ1v) is 23.1. The highest BCUT2D eigenvalue weighted by molar-refractivity contribution is 6.25. The summed E-state index contributed by atoms with van der Waals surface area (Å²) in [7, 11) is 0. The molecule has 0 N–H and O–H groups in total. The zero-order chi connectivity index (χ0) is 44.7. The third-order valence-electron chi connectivity index (χ3n) is 13.7. The Morgan fingerprint density at radius 3 is 1.53 bits per heavy atom. The summed E-state index contributed by atoms with van der Waals surface area (Å²) in [5.74, 6) is 0.707. The number of nitrogens with zero attached hydrogens (tertiary/aromatic N) is 3. The second-order valence-corrected chi connectivity index (χ2v) is 17.7. The van der Waals surface area contributed by atoms with Crippen LogP contribution in [-0.2, 0) is 0 Å². The van der Waals surface area contributed by atoms with Crippen molar-refractivity contribution in [1.82, 2.24) is 14.4 Å². The average molecular weight is 866 g/mol. The standard InChI is InChI=1S/C64H39N3O/c1-3-15-40(16-4-1)56-39-57(66-64(65-56)41-17-5-2-6-18-41)48-24-11-22-45(37-48)43-20-9-19-42(35-43)44-21-10-23-46(36-44)50-27-12-29-53-54-30-13-28-52-51-34-33-47(38-58(51)67(62(50)53)63(52)54)49-26-14-32-60-61(49)55-25-7-8-31-59(55)68-60/h1-39H. The first-order valence-electron chi connectivity index (χ1n) is 23.1. The molecule has 0 aliphatic rings. The summed E-state index contributed by atoms with van der Waals surface area (Å²) < 4.78 is 8.85. The van der Waals surface area contributed by atoms with E-state index in [4.69, 9.17) is 14.4 Å². The number of rotatable bonds is 7. The number of furan rings is 1. The van der Waals surface area contributed by atoms with Crippen LogP contribution in [0.4, 0.5) is 0 Å². The molecule has 0 fully saturated rings. The van der Waals surface area contributed by atoms with E-state index in [0.717, 1.165) is 72.3 Å². The molecule has 0 saturated carbocycles. The summed E-state index contributed by atoms with van der Waals surface area (Å²) in [6, 6.07) is 84.5. The number of aromatic nitrogens is 3. The molecule has 4 aromatic heterocycles. The zero-order valence-corrected chi connectivity index (χ0v) is 36.8. The van der Waals surface area contributed by atoms with Gasteiger partial charge in [-0.05, 0) is 81.4 Å². The first-order chi connectivity index (χ1) is 33.7. The van der Waals surface area contributed by atoms with Crippen molar-refractivity contribution >= 4 is 60.0 Å². The molecule has 4 nitrogen and oxygen atoms in total. The summed E-state index contributed by atoms with van der Waals surface area (Å²) in [5, 5.41) is 7.31. The maximum Gasteiger partial charge on any atom is 0.160 e. The predicted octanol–water partition coefficient (Wildman–Crippen LogP) is 17.2. The molecular weight excluding hydrogens is 827 g/mol. The van der Waals surface area contributed by atoms with E-state index in [1.807, 2.05) is 30.3 Å². The highest BCUT2D eigenvalue weighted by Gasteiger charge is 2.22. The fourth-order valence-electron chi connectivity index (χ4n) is 10.6. The molecule has 0 aliphatic heterocycles. The molecule has 0 amide bonds. The fraction of sp³-hybridized carbons (Fsp3) is 0. The molecule has 68 heavy (non-hydrogen) atoms. The second kappa shape index (κ2) is 15.2. The number of benzene rings is 10. The molecule has 0 atom stereocenters. The number of hydrogen-bond donors (Lipinski definition) is 0. The van der Waals surface area contributed by atoms with E-state index in [1.165, 1.54) is 60.3 Å². The predicted molar refractivity (Wildman–Crippen MR) is 282 cm³/mol. The first kappa shape index (κ1) is 38.2. The number of para-hydroxylation sites is 3. The van der Waals surface area contributed by atoms with Crippen molar-refractivity contribution in [2.45, 2.75) is 0 Å². The molecule has 14 rings (SSSR count). The Hall–Kier alpha value is -9.12. The van der Waals surface area contributed by atoms with Crippen LogP contribution in [0.15, 0.2) is 241 Å². The maximum absolute atomic E-state index is 6.33. The van der Waals surface area contributed by atoms with Gasteiger partial charge in [0.2, 0.25) is 0 Å². The number of hydrogen-bond acceptors (Lipinski definition) is 3. The Balaban J connectivity index is 0.873. The van der Waals surface area contributed by atoms with Crippen molar-refractivity contribution in [3.63, 3.8) is 0 Å². The van der Waals surface area contributed by atoms with E-state index in [1.54, 1.807) is 0 Å².